The van der Waals surface area contributed by atoms with Crippen LogP contribution in [0.15, 0.2) is 27.1 Å². The van der Waals surface area contributed by atoms with E-state index in [1.54, 1.807) is 24.0 Å². The average molecular weight is 580 g/mol. The number of anilines is 1. The van der Waals surface area contributed by atoms with Crippen LogP contribution in [0.25, 0.3) is 0 Å². The van der Waals surface area contributed by atoms with Gasteiger partial charge in [0.05, 0.1) is 19.6 Å². The third-order valence-electron chi connectivity index (χ3n) is 10.1. The van der Waals surface area contributed by atoms with E-state index in [0.717, 1.165) is 49.6 Å². The summed E-state index contributed by atoms with van der Waals surface area (Å²) >= 11 is 0. The van der Waals surface area contributed by atoms with Crippen molar-refractivity contribution in [2.75, 3.05) is 31.1 Å². The molecule has 3 aliphatic rings. The Bertz CT molecular complexity index is 1440. The molecule has 0 bridgehead atoms. The van der Waals surface area contributed by atoms with Gasteiger partial charge in [-0.1, -0.05) is 38.9 Å². The monoisotopic (exact) mass is 579 g/mol. The maximum Gasteiger partial charge on any atom is 0.324 e. The lowest BCUT2D eigenvalue weighted by Crippen LogP contribution is -2.37. The molecule has 6 rings (SSSR count). The molecule has 226 valence electrons. The second-order valence-electron chi connectivity index (χ2n) is 13.2. The average Bonchev–Trinajstić information content (AvgIpc) is 3.32. The molecule has 0 spiro atoms. The summed E-state index contributed by atoms with van der Waals surface area (Å²) in [6, 6.07) is 5.49. The molecule has 3 aromatic rings. The van der Waals surface area contributed by atoms with Gasteiger partial charge >= 0.3 is 6.01 Å². The van der Waals surface area contributed by atoms with E-state index in [1.807, 2.05) is 0 Å². The van der Waals surface area contributed by atoms with Gasteiger partial charge in [-0.15, -0.1) is 0 Å². The van der Waals surface area contributed by atoms with E-state index in [9.17, 15) is 9.18 Å². The molecule has 2 fully saturated rings. The van der Waals surface area contributed by atoms with E-state index in [2.05, 4.69) is 47.7 Å². The van der Waals surface area contributed by atoms with Crippen molar-refractivity contribution in [2.45, 2.75) is 85.6 Å². The molecular weight excluding hydrogens is 537 g/mol. The molecule has 1 unspecified atom stereocenters. The number of fused-ring (bicyclic) bond motifs is 1. The Morgan fingerprint density at radius 1 is 1.19 bits per heavy atom. The second-order valence-corrected chi connectivity index (χ2v) is 13.2. The van der Waals surface area contributed by atoms with Gasteiger partial charge in [0.1, 0.15) is 23.0 Å². The van der Waals surface area contributed by atoms with Gasteiger partial charge in [0, 0.05) is 45.0 Å². The van der Waals surface area contributed by atoms with Crippen molar-refractivity contribution in [2.24, 2.45) is 16.7 Å². The van der Waals surface area contributed by atoms with E-state index in [0.29, 0.717) is 55.3 Å². The van der Waals surface area contributed by atoms with Gasteiger partial charge in [-0.25, -0.2) is 9.37 Å². The van der Waals surface area contributed by atoms with Crippen LogP contribution >= 0.6 is 0 Å². The molecule has 0 radical (unpaired) electrons. The summed E-state index contributed by atoms with van der Waals surface area (Å²) in [6.07, 6.45) is 4.95. The predicted octanol–water partition coefficient (Wildman–Crippen LogP) is 5.86. The minimum atomic E-state index is -0.410. The largest absolute Gasteiger partial charge is 0.493 e. The minimum Gasteiger partial charge on any atom is -0.493 e. The molecule has 1 aliphatic carbocycles. The fourth-order valence-electron chi connectivity index (χ4n) is 7.05. The number of piperidine rings is 1. The lowest BCUT2D eigenvalue weighted by atomic mass is 9.77. The molecular formula is C32H42FN5O4. The maximum absolute atomic E-state index is 15.0. The number of rotatable bonds is 9. The third-order valence-corrected chi connectivity index (χ3v) is 10.1. The summed E-state index contributed by atoms with van der Waals surface area (Å²) in [5, 5.41) is 4.12. The number of nitrogens with zero attached hydrogens (tertiary/aromatic N) is 5. The molecule has 42 heavy (non-hydrogen) atoms. The molecule has 2 aliphatic heterocycles. The second kappa shape index (κ2) is 11.0. The summed E-state index contributed by atoms with van der Waals surface area (Å²) < 4.78 is 32.1. The minimum absolute atomic E-state index is 0.0128. The smallest absolute Gasteiger partial charge is 0.324 e. The number of hydrogen-bond donors (Lipinski definition) is 0. The molecule has 1 saturated carbocycles. The van der Waals surface area contributed by atoms with Crippen LogP contribution in [-0.4, -0.2) is 52.2 Å². The van der Waals surface area contributed by atoms with Crippen molar-refractivity contribution >= 4 is 11.9 Å². The number of carbonyl (C=O) groups is 1. The molecule has 1 saturated heterocycles. The van der Waals surface area contributed by atoms with Crippen molar-refractivity contribution in [3.05, 3.63) is 52.7 Å². The topological polar surface area (TPSA) is 97.7 Å². The van der Waals surface area contributed by atoms with Gasteiger partial charge in [0.2, 0.25) is 5.91 Å². The zero-order valence-electron chi connectivity index (χ0n) is 25.4. The number of benzene rings is 1. The van der Waals surface area contributed by atoms with Crippen molar-refractivity contribution in [3.63, 3.8) is 0 Å². The third kappa shape index (κ3) is 5.52. The number of aromatic nitrogens is 3. The Balaban J connectivity index is 0.966. The van der Waals surface area contributed by atoms with Crippen LogP contribution in [0.1, 0.15) is 88.0 Å². The van der Waals surface area contributed by atoms with Crippen LogP contribution in [0.4, 0.5) is 10.4 Å². The molecule has 10 heteroatoms. The number of ether oxygens (including phenoxy) is 1. The normalized spacial score (nSPS) is 24.3. The van der Waals surface area contributed by atoms with Crippen molar-refractivity contribution in [1.82, 2.24) is 20.0 Å². The van der Waals surface area contributed by atoms with Gasteiger partial charge < -0.3 is 23.5 Å². The first-order valence-electron chi connectivity index (χ1n) is 15.3. The van der Waals surface area contributed by atoms with Crippen molar-refractivity contribution in [3.8, 4) is 5.75 Å². The first-order valence-corrected chi connectivity index (χ1v) is 15.3. The van der Waals surface area contributed by atoms with Gasteiger partial charge in [0.15, 0.2) is 11.7 Å². The Morgan fingerprint density at radius 2 is 1.98 bits per heavy atom. The number of amides is 1. The quantitative estimate of drug-likeness (QED) is 0.311. The highest BCUT2D eigenvalue weighted by molar-refractivity contribution is 5.79. The Morgan fingerprint density at radius 3 is 2.69 bits per heavy atom. The zero-order valence-corrected chi connectivity index (χ0v) is 25.4. The molecule has 9 nitrogen and oxygen atoms in total. The molecule has 2 atom stereocenters. The van der Waals surface area contributed by atoms with E-state index >= 15 is 0 Å². The van der Waals surface area contributed by atoms with E-state index in [4.69, 9.17) is 13.7 Å². The lowest BCUT2D eigenvalue weighted by Gasteiger charge is -2.36. The van der Waals surface area contributed by atoms with Crippen LogP contribution in [0.2, 0.25) is 0 Å². The van der Waals surface area contributed by atoms with Crippen LogP contribution in [0.3, 0.4) is 0 Å². The number of carbonyl (C=O) groups excluding carboxylic acids is 1. The summed E-state index contributed by atoms with van der Waals surface area (Å²) in [5.74, 6) is 3.09. The Kier molecular flexibility index (Phi) is 7.51. The van der Waals surface area contributed by atoms with Gasteiger partial charge in [0.25, 0.3) is 0 Å². The predicted molar refractivity (Wildman–Crippen MR) is 155 cm³/mol. The summed E-state index contributed by atoms with van der Waals surface area (Å²) in [5.41, 5.74) is 1.65. The summed E-state index contributed by atoms with van der Waals surface area (Å²) in [7, 11) is 0. The number of hydrogen-bond acceptors (Lipinski definition) is 8. The number of oxazole rings is 1. The van der Waals surface area contributed by atoms with Crippen LogP contribution in [0.5, 0.6) is 5.75 Å². The highest BCUT2D eigenvalue weighted by Crippen LogP contribution is 2.70. The van der Waals surface area contributed by atoms with Crippen molar-refractivity contribution < 1.29 is 22.9 Å². The fraction of sp³-hybridized carbons (Fsp3) is 0.625. The highest BCUT2D eigenvalue weighted by Gasteiger charge is 2.63. The van der Waals surface area contributed by atoms with Crippen LogP contribution in [-0.2, 0) is 24.2 Å². The SMILES string of the molecule is Cc1nc2c(o1)CCN(C(=O)Cc1ccc(OCCC3(C)C[C@]3(C)C3CCN(c4nc(C(C)C)no4)CC3)cc1F)C2. The maximum atomic E-state index is 15.0. The summed E-state index contributed by atoms with van der Waals surface area (Å²) in [6.45, 7) is 14.1. The Labute approximate surface area is 246 Å². The molecule has 1 aromatic carbocycles. The first kappa shape index (κ1) is 28.7. The molecule has 1 amide bonds. The summed E-state index contributed by atoms with van der Waals surface area (Å²) in [4.78, 5) is 25.7. The van der Waals surface area contributed by atoms with E-state index in [-0.39, 0.29) is 29.1 Å². The van der Waals surface area contributed by atoms with Crippen LogP contribution < -0.4 is 9.64 Å². The zero-order chi connectivity index (χ0) is 29.6. The standard InChI is InChI=1S/C32H42FN5O4/c1-20(2)29-35-30(42-36-29)37-12-8-23(9-13-37)32(5)19-31(32,4)11-15-40-24-7-6-22(25(33)17-24)16-28(39)38-14-10-27-26(18-38)34-21(3)41-27/h6-7,17,20,23H,8-16,18-19H2,1-5H3/t31?,32-/m1/s1. The van der Waals surface area contributed by atoms with Gasteiger partial charge in [-0.2, -0.15) is 4.98 Å². The molecule has 0 N–H and O–H groups in total. The lowest BCUT2D eigenvalue weighted by molar-refractivity contribution is -0.131. The fourth-order valence-corrected chi connectivity index (χ4v) is 7.05. The molecule has 4 heterocycles. The number of halogens is 1. The number of aryl methyl sites for hydroxylation is 1. The van der Waals surface area contributed by atoms with E-state index < -0.39 is 5.82 Å². The highest BCUT2D eigenvalue weighted by atomic mass is 19.1. The van der Waals surface area contributed by atoms with Gasteiger partial charge in [-0.05, 0) is 54.1 Å². The van der Waals surface area contributed by atoms with Crippen molar-refractivity contribution in [1.29, 1.82) is 0 Å². The van der Waals surface area contributed by atoms with E-state index in [1.165, 1.54) is 12.5 Å². The Hall–Kier alpha value is -3.43. The first-order chi connectivity index (χ1) is 20.0. The molecule has 2 aromatic heterocycles. The van der Waals surface area contributed by atoms with Gasteiger partial charge in [-0.3, -0.25) is 4.79 Å². The van der Waals surface area contributed by atoms with Crippen LogP contribution in [0, 0.1) is 29.5 Å².